The summed E-state index contributed by atoms with van der Waals surface area (Å²) < 4.78 is 10.5. The highest BCUT2D eigenvalue weighted by molar-refractivity contribution is 5.92. The molecule has 1 aromatic rings. The number of likely N-dealkylation sites (tertiary alicyclic amines) is 1. The molecule has 1 amide bonds. The van der Waals surface area contributed by atoms with Crippen LogP contribution < -0.4 is 9.47 Å². The van der Waals surface area contributed by atoms with E-state index in [1.165, 1.54) is 6.08 Å². The van der Waals surface area contributed by atoms with Crippen molar-refractivity contribution in [2.24, 2.45) is 5.92 Å². The fourth-order valence-corrected chi connectivity index (χ4v) is 2.64. The Morgan fingerprint density at radius 3 is 2.64 bits per heavy atom. The van der Waals surface area contributed by atoms with Gasteiger partial charge < -0.3 is 19.5 Å². The molecule has 6 heteroatoms. The van der Waals surface area contributed by atoms with Crippen molar-refractivity contribution < 1.29 is 24.2 Å². The molecule has 0 spiro atoms. The van der Waals surface area contributed by atoms with Crippen LogP contribution in [0, 0.1) is 5.92 Å². The maximum atomic E-state index is 12.1. The van der Waals surface area contributed by atoms with Gasteiger partial charge in [0.2, 0.25) is 12.7 Å². The minimum Gasteiger partial charge on any atom is -0.481 e. The summed E-state index contributed by atoms with van der Waals surface area (Å²) in [4.78, 5) is 24.7. The average Bonchev–Trinajstić information content (AvgIpc) is 3.00. The van der Waals surface area contributed by atoms with Gasteiger partial charge in [0.25, 0.3) is 0 Å². The third-order valence-electron chi connectivity index (χ3n) is 3.97. The van der Waals surface area contributed by atoms with Crippen molar-refractivity contribution in [3.8, 4) is 11.5 Å². The van der Waals surface area contributed by atoms with Gasteiger partial charge in [0.15, 0.2) is 11.5 Å². The zero-order valence-corrected chi connectivity index (χ0v) is 12.0. The third kappa shape index (κ3) is 3.05. The molecule has 2 heterocycles. The first-order chi connectivity index (χ1) is 10.6. The SMILES string of the molecule is O=C(O)C1CCN(C(=O)/C=C/c2ccc3c(c2)OCO3)CC1. The van der Waals surface area contributed by atoms with Crippen molar-refractivity contribution in [1.29, 1.82) is 0 Å². The molecule has 6 nitrogen and oxygen atoms in total. The number of piperidine rings is 1. The van der Waals surface area contributed by atoms with Crippen LogP contribution in [-0.4, -0.2) is 41.8 Å². The van der Waals surface area contributed by atoms with Gasteiger partial charge in [0, 0.05) is 19.2 Å². The number of nitrogens with zero attached hydrogens (tertiary/aromatic N) is 1. The summed E-state index contributed by atoms with van der Waals surface area (Å²) in [6, 6.07) is 5.49. The Balaban J connectivity index is 1.59. The largest absolute Gasteiger partial charge is 0.481 e. The number of carbonyl (C=O) groups is 2. The number of rotatable bonds is 3. The Morgan fingerprint density at radius 1 is 1.18 bits per heavy atom. The molecule has 0 saturated carbocycles. The summed E-state index contributed by atoms with van der Waals surface area (Å²) >= 11 is 0. The number of carboxylic acids is 1. The van der Waals surface area contributed by atoms with Crippen LogP contribution in [0.4, 0.5) is 0 Å². The van der Waals surface area contributed by atoms with E-state index in [0.29, 0.717) is 37.4 Å². The van der Waals surface area contributed by atoms with Crippen LogP contribution in [0.1, 0.15) is 18.4 Å². The van der Waals surface area contributed by atoms with Crippen molar-refractivity contribution in [2.45, 2.75) is 12.8 Å². The molecule has 0 radical (unpaired) electrons. The number of carbonyl (C=O) groups excluding carboxylic acids is 1. The molecule has 1 fully saturated rings. The lowest BCUT2D eigenvalue weighted by Crippen LogP contribution is -2.39. The molecular weight excluding hydrogens is 286 g/mol. The average molecular weight is 303 g/mol. The molecule has 0 atom stereocenters. The Bertz CT molecular complexity index is 617. The first kappa shape index (κ1) is 14.4. The van der Waals surface area contributed by atoms with E-state index in [-0.39, 0.29) is 18.6 Å². The lowest BCUT2D eigenvalue weighted by molar-refractivity contribution is -0.144. The van der Waals surface area contributed by atoms with Gasteiger partial charge in [-0.05, 0) is 36.6 Å². The van der Waals surface area contributed by atoms with Crippen LogP contribution in [0.25, 0.3) is 6.08 Å². The lowest BCUT2D eigenvalue weighted by Gasteiger charge is -2.29. The molecule has 2 aliphatic heterocycles. The Kier molecular flexibility index (Phi) is 4.00. The number of ether oxygens (including phenoxy) is 2. The topological polar surface area (TPSA) is 76.1 Å². The summed E-state index contributed by atoms with van der Waals surface area (Å²) in [7, 11) is 0. The molecule has 3 rings (SSSR count). The van der Waals surface area contributed by atoms with E-state index >= 15 is 0 Å². The van der Waals surface area contributed by atoms with E-state index in [2.05, 4.69) is 0 Å². The summed E-state index contributed by atoms with van der Waals surface area (Å²) in [6.07, 6.45) is 4.27. The van der Waals surface area contributed by atoms with Gasteiger partial charge in [0.1, 0.15) is 0 Å². The fourth-order valence-electron chi connectivity index (χ4n) is 2.64. The number of hydrogen-bond donors (Lipinski definition) is 1. The molecule has 0 unspecified atom stereocenters. The van der Waals surface area contributed by atoms with Crippen molar-refractivity contribution in [3.63, 3.8) is 0 Å². The first-order valence-corrected chi connectivity index (χ1v) is 7.23. The second kappa shape index (κ2) is 6.09. The summed E-state index contributed by atoms with van der Waals surface area (Å²) in [5, 5.41) is 8.95. The fraction of sp³-hybridized carbons (Fsp3) is 0.375. The van der Waals surface area contributed by atoms with Crippen LogP contribution in [0.2, 0.25) is 0 Å². The molecular formula is C16H17NO5. The van der Waals surface area contributed by atoms with E-state index in [1.54, 1.807) is 11.0 Å². The summed E-state index contributed by atoms with van der Waals surface area (Å²) in [6.45, 7) is 1.20. The molecule has 22 heavy (non-hydrogen) atoms. The van der Waals surface area contributed by atoms with Crippen molar-refractivity contribution in [2.75, 3.05) is 19.9 Å². The molecule has 2 aliphatic rings. The quantitative estimate of drug-likeness (QED) is 0.861. The van der Waals surface area contributed by atoms with Crippen molar-refractivity contribution >= 4 is 18.0 Å². The number of benzene rings is 1. The van der Waals surface area contributed by atoms with E-state index in [9.17, 15) is 9.59 Å². The smallest absolute Gasteiger partial charge is 0.306 e. The second-order valence-corrected chi connectivity index (χ2v) is 5.38. The Morgan fingerprint density at radius 2 is 1.91 bits per heavy atom. The van der Waals surface area contributed by atoms with Crippen LogP contribution in [0.15, 0.2) is 24.3 Å². The van der Waals surface area contributed by atoms with Crippen molar-refractivity contribution in [1.82, 2.24) is 4.90 Å². The highest BCUT2D eigenvalue weighted by Gasteiger charge is 2.25. The molecule has 1 N–H and O–H groups in total. The van der Waals surface area contributed by atoms with E-state index < -0.39 is 5.97 Å². The Hall–Kier alpha value is -2.50. The number of fused-ring (bicyclic) bond motifs is 1. The number of carboxylic acid groups (broad SMARTS) is 1. The first-order valence-electron chi connectivity index (χ1n) is 7.23. The van der Waals surface area contributed by atoms with Gasteiger partial charge in [-0.15, -0.1) is 0 Å². The highest BCUT2D eigenvalue weighted by Crippen LogP contribution is 2.32. The number of amides is 1. The van der Waals surface area contributed by atoms with E-state index in [0.717, 1.165) is 5.56 Å². The van der Waals surface area contributed by atoms with Crippen LogP contribution in [0.3, 0.4) is 0 Å². The minimum atomic E-state index is -0.775. The monoisotopic (exact) mass is 303 g/mol. The van der Waals surface area contributed by atoms with Gasteiger partial charge in [-0.1, -0.05) is 6.07 Å². The van der Waals surface area contributed by atoms with Gasteiger partial charge in [-0.3, -0.25) is 9.59 Å². The molecule has 1 aromatic carbocycles. The van der Waals surface area contributed by atoms with Gasteiger partial charge in [0.05, 0.1) is 5.92 Å². The summed E-state index contributed by atoms with van der Waals surface area (Å²) in [5.74, 6) is 0.183. The molecule has 0 bridgehead atoms. The highest BCUT2D eigenvalue weighted by atomic mass is 16.7. The number of hydrogen-bond acceptors (Lipinski definition) is 4. The van der Waals surface area contributed by atoms with E-state index in [1.807, 2.05) is 18.2 Å². The standard InChI is InChI=1S/C16H17NO5/c18-15(17-7-5-12(6-8-17)16(19)20)4-2-11-1-3-13-14(9-11)22-10-21-13/h1-4,9,12H,5-8,10H2,(H,19,20)/b4-2+. The molecule has 0 aromatic heterocycles. The predicted molar refractivity (Wildman–Crippen MR) is 78.5 cm³/mol. The Labute approximate surface area is 127 Å². The van der Waals surface area contributed by atoms with E-state index in [4.69, 9.17) is 14.6 Å². The third-order valence-corrected chi connectivity index (χ3v) is 3.97. The van der Waals surface area contributed by atoms with Gasteiger partial charge in [-0.2, -0.15) is 0 Å². The van der Waals surface area contributed by atoms with Crippen LogP contribution in [0.5, 0.6) is 11.5 Å². The molecule has 0 aliphatic carbocycles. The predicted octanol–water partition coefficient (Wildman–Crippen LogP) is 1.75. The van der Waals surface area contributed by atoms with Crippen molar-refractivity contribution in [3.05, 3.63) is 29.8 Å². The van der Waals surface area contributed by atoms with Gasteiger partial charge >= 0.3 is 5.97 Å². The normalized spacial score (nSPS) is 17.9. The lowest BCUT2D eigenvalue weighted by atomic mass is 9.97. The maximum Gasteiger partial charge on any atom is 0.306 e. The minimum absolute atomic E-state index is 0.0958. The van der Waals surface area contributed by atoms with Crippen LogP contribution in [-0.2, 0) is 9.59 Å². The second-order valence-electron chi connectivity index (χ2n) is 5.38. The maximum absolute atomic E-state index is 12.1. The molecule has 1 saturated heterocycles. The summed E-state index contributed by atoms with van der Waals surface area (Å²) in [5.41, 5.74) is 0.859. The van der Waals surface area contributed by atoms with Crippen LogP contribution >= 0.6 is 0 Å². The number of aliphatic carboxylic acids is 1. The zero-order chi connectivity index (χ0) is 15.5. The zero-order valence-electron chi connectivity index (χ0n) is 12.0. The van der Waals surface area contributed by atoms with Gasteiger partial charge in [-0.25, -0.2) is 0 Å². The molecule has 116 valence electrons.